The molecule has 1 aliphatic rings. The van der Waals surface area contributed by atoms with Crippen LogP contribution in [0.2, 0.25) is 0 Å². The van der Waals surface area contributed by atoms with Crippen molar-refractivity contribution in [3.63, 3.8) is 0 Å². The molecule has 1 atom stereocenters. The van der Waals surface area contributed by atoms with Gasteiger partial charge in [-0.1, -0.05) is 37.5 Å². The molecule has 0 spiro atoms. The third-order valence-electron chi connectivity index (χ3n) is 3.23. The van der Waals surface area contributed by atoms with E-state index >= 15 is 0 Å². The highest BCUT2D eigenvalue weighted by Crippen LogP contribution is 2.29. The molecule has 0 saturated carbocycles. The average molecular weight is 298 g/mol. The number of nitrogens with zero attached hydrogens (tertiary/aromatic N) is 3. The summed E-state index contributed by atoms with van der Waals surface area (Å²) in [6.07, 6.45) is 1.78. The highest BCUT2D eigenvalue weighted by atomic mass is 32.1. The van der Waals surface area contributed by atoms with E-state index in [0.717, 1.165) is 30.1 Å². The fraction of sp³-hybridized carbons (Fsp3) is 0.667. The van der Waals surface area contributed by atoms with Gasteiger partial charge in [0.25, 0.3) is 5.91 Å². The van der Waals surface area contributed by atoms with Crippen LogP contribution in [0.1, 0.15) is 49.0 Å². The molecule has 19 heavy (non-hydrogen) atoms. The Labute approximate surface area is 122 Å². The standard InChI is InChI=1S/C12H18N4OS2/c1-12(2,3)9-8(19-15-14-9)11(17)16-6-4-5-7(16)10(13)18/h7H,4-6H2,1-3H3,(H2,13,18). The summed E-state index contributed by atoms with van der Waals surface area (Å²) in [7, 11) is 0. The van der Waals surface area contributed by atoms with Crippen LogP contribution in [0.25, 0.3) is 0 Å². The molecule has 0 radical (unpaired) electrons. The number of nitrogens with two attached hydrogens (primary N) is 1. The van der Waals surface area contributed by atoms with E-state index in [0.29, 0.717) is 16.4 Å². The van der Waals surface area contributed by atoms with Crippen LogP contribution in [-0.4, -0.2) is 38.0 Å². The van der Waals surface area contributed by atoms with Gasteiger partial charge < -0.3 is 10.6 Å². The lowest BCUT2D eigenvalue weighted by Crippen LogP contribution is -2.43. The van der Waals surface area contributed by atoms with E-state index in [2.05, 4.69) is 9.59 Å². The Balaban J connectivity index is 2.30. The van der Waals surface area contributed by atoms with Gasteiger partial charge in [-0.25, -0.2) is 0 Å². The molecule has 5 nitrogen and oxygen atoms in total. The Bertz CT molecular complexity index is 506. The van der Waals surface area contributed by atoms with E-state index in [1.54, 1.807) is 4.90 Å². The zero-order chi connectivity index (χ0) is 14.2. The lowest BCUT2D eigenvalue weighted by Gasteiger charge is -2.24. The highest BCUT2D eigenvalue weighted by Gasteiger charge is 2.35. The van der Waals surface area contributed by atoms with Crippen LogP contribution in [0.3, 0.4) is 0 Å². The maximum atomic E-state index is 12.6. The minimum atomic E-state index is -0.198. The number of hydrogen-bond acceptors (Lipinski definition) is 5. The van der Waals surface area contributed by atoms with Gasteiger partial charge in [0, 0.05) is 12.0 Å². The van der Waals surface area contributed by atoms with Crippen LogP contribution in [-0.2, 0) is 5.41 Å². The minimum Gasteiger partial charge on any atom is -0.392 e. The van der Waals surface area contributed by atoms with E-state index < -0.39 is 0 Å². The molecule has 1 amide bonds. The second-order valence-electron chi connectivity index (χ2n) is 5.76. The lowest BCUT2D eigenvalue weighted by atomic mass is 9.91. The number of aromatic nitrogens is 2. The van der Waals surface area contributed by atoms with Gasteiger partial charge in [0.2, 0.25) is 0 Å². The van der Waals surface area contributed by atoms with Crippen LogP contribution < -0.4 is 5.73 Å². The summed E-state index contributed by atoms with van der Waals surface area (Å²) in [5.41, 5.74) is 6.26. The third kappa shape index (κ3) is 2.76. The molecular weight excluding hydrogens is 280 g/mol. The van der Waals surface area contributed by atoms with Crippen LogP contribution in [0.4, 0.5) is 0 Å². The Hall–Kier alpha value is -1.08. The first-order chi connectivity index (χ1) is 8.82. The Morgan fingerprint density at radius 3 is 2.79 bits per heavy atom. The summed E-state index contributed by atoms with van der Waals surface area (Å²) in [6, 6.07) is -0.127. The van der Waals surface area contributed by atoms with Crippen molar-refractivity contribution in [1.29, 1.82) is 0 Å². The quantitative estimate of drug-likeness (QED) is 0.842. The van der Waals surface area contributed by atoms with Gasteiger partial charge in [-0.05, 0) is 24.4 Å². The highest BCUT2D eigenvalue weighted by molar-refractivity contribution is 7.80. The van der Waals surface area contributed by atoms with Crippen LogP contribution in [0, 0.1) is 0 Å². The zero-order valence-corrected chi connectivity index (χ0v) is 13.0. The fourth-order valence-corrected chi connectivity index (χ4v) is 3.34. The Kier molecular flexibility index (Phi) is 3.87. The average Bonchev–Trinajstić information content (AvgIpc) is 2.96. The van der Waals surface area contributed by atoms with Crippen molar-refractivity contribution in [2.24, 2.45) is 5.73 Å². The number of thiocarbonyl (C=S) groups is 1. The SMILES string of the molecule is CC(C)(C)c1nnsc1C(=O)N1CCCC1C(N)=S. The van der Waals surface area contributed by atoms with E-state index in [1.165, 1.54) is 0 Å². The topological polar surface area (TPSA) is 72.1 Å². The molecule has 0 bridgehead atoms. The van der Waals surface area contributed by atoms with E-state index in [9.17, 15) is 4.79 Å². The van der Waals surface area contributed by atoms with Crippen LogP contribution >= 0.6 is 23.8 Å². The molecule has 1 unspecified atom stereocenters. The van der Waals surface area contributed by atoms with Crippen LogP contribution in [0.5, 0.6) is 0 Å². The molecule has 0 aromatic carbocycles. The fourth-order valence-electron chi connectivity index (χ4n) is 2.26. The lowest BCUT2D eigenvalue weighted by molar-refractivity contribution is 0.0772. The van der Waals surface area contributed by atoms with Gasteiger partial charge in [0.15, 0.2) is 0 Å². The molecule has 2 N–H and O–H groups in total. The molecule has 1 aromatic rings. The maximum Gasteiger partial charge on any atom is 0.268 e. The predicted molar refractivity (Wildman–Crippen MR) is 79.5 cm³/mol. The molecular formula is C12H18N4OS2. The summed E-state index contributed by atoms with van der Waals surface area (Å²) in [6.45, 7) is 6.77. The van der Waals surface area contributed by atoms with Crippen LogP contribution in [0.15, 0.2) is 0 Å². The van der Waals surface area contributed by atoms with E-state index in [1.807, 2.05) is 20.8 Å². The summed E-state index contributed by atoms with van der Waals surface area (Å²) in [5.74, 6) is -0.0461. The number of carbonyl (C=O) groups is 1. The molecule has 1 aromatic heterocycles. The second kappa shape index (κ2) is 5.13. The summed E-state index contributed by atoms with van der Waals surface area (Å²) in [4.78, 5) is 15.4. The minimum absolute atomic E-state index is 0.0461. The number of rotatable bonds is 2. The zero-order valence-electron chi connectivity index (χ0n) is 11.3. The van der Waals surface area contributed by atoms with Gasteiger partial charge in [0.1, 0.15) is 4.88 Å². The van der Waals surface area contributed by atoms with Gasteiger partial charge in [0.05, 0.1) is 16.7 Å². The summed E-state index contributed by atoms with van der Waals surface area (Å²) in [5, 5.41) is 4.11. The number of amides is 1. The van der Waals surface area contributed by atoms with Crippen molar-refractivity contribution in [2.75, 3.05) is 6.54 Å². The molecule has 1 aliphatic heterocycles. The second-order valence-corrected chi connectivity index (χ2v) is 6.99. The first kappa shape index (κ1) is 14.3. The van der Waals surface area contributed by atoms with E-state index in [4.69, 9.17) is 18.0 Å². The van der Waals surface area contributed by atoms with Crippen molar-refractivity contribution < 1.29 is 4.79 Å². The first-order valence-electron chi connectivity index (χ1n) is 6.25. The van der Waals surface area contributed by atoms with Gasteiger partial charge >= 0.3 is 0 Å². The molecule has 0 aliphatic carbocycles. The first-order valence-corrected chi connectivity index (χ1v) is 7.43. The van der Waals surface area contributed by atoms with Crippen molar-refractivity contribution in [3.05, 3.63) is 10.6 Å². The smallest absolute Gasteiger partial charge is 0.268 e. The molecule has 7 heteroatoms. The normalized spacial score (nSPS) is 19.7. The number of hydrogen-bond donors (Lipinski definition) is 1. The van der Waals surface area contributed by atoms with Crippen molar-refractivity contribution in [3.8, 4) is 0 Å². The Morgan fingerprint density at radius 2 is 2.21 bits per heavy atom. The molecule has 2 rings (SSSR count). The maximum absolute atomic E-state index is 12.6. The molecule has 1 saturated heterocycles. The summed E-state index contributed by atoms with van der Waals surface area (Å²) >= 11 is 6.19. The molecule has 1 fully saturated rings. The van der Waals surface area contributed by atoms with Crippen molar-refractivity contribution >= 4 is 34.6 Å². The van der Waals surface area contributed by atoms with Crippen molar-refractivity contribution in [2.45, 2.75) is 45.1 Å². The number of carbonyl (C=O) groups excluding carboxylic acids is 1. The largest absolute Gasteiger partial charge is 0.392 e. The number of likely N-dealkylation sites (tertiary alicyclic amines) is 1. The van der Waals surface area contributed by atoms with Gasteiger partial charge in [-0.3, -0.25) is 4.79 Å². The molecule has 104 valence electrons. The Morgan fingerprint density at radius 1 is 1.53 bits per heavy atom. The summed E-state index contributed by atoms with van der Waals surface area (Å²) < 4.78 is 3.93. The van der Waals surface area contributed by atoms with E-state index in [-0.39, 0.29) is 17.4 Å². The predicted octanol–water partition coefficient (Wildman–Crippen LogP) is 1.73. The molecule has 2 heterocycles. The van der Waals surface area contributed by atoms with Crippen molar-refractivity contribution in [1.82, 2.24) is 14.5 Å². The third-order valence-corrected chi connectivity index (χ3v) is 4.22. The van der Waals surface area contributed by atoms with Gasteiger partial charge in [-0.2, -0.15) is 0 Å². The van der Waals surface area contributed by atoms with Gasteiger partial charge in [-0.15, -0.1) is 5.10 Å². The monoisotopic (exact) mass is 298 g/mol.